The van der Waals surface area contributed by atoms with Crippen molar-refractivity contribution in [2.75, 3.05) is 6.54 Å². The van der Waals surface area contributed by atoms with Gasteiger partial charge in [-0.2, -0.15) is 4.98 Å². The Morgan fingerprint density at radius 3 is 2.36 bits per heavy atom. The number of carbonyl (C=O) groups is 1. The Hall–Kier alpha value is -1.43. The van der Waals surface area contributed by atoms with Crippen LogP contribution in [-0.4, -0.2) is 28.1 Å². The first-order chi connectivity index (χ1) is 10.3. The number of hydrogen-bond acceptors (Lipinski definition) is 5. The number of nitrogens with one attached hydrogen (secondary N) is 1. The van der Waals surface area contributed by atoms with Gasteiger partial charge in [-0.05, 0) is 19.3 Å². The van der Waals surface area contributed by atoms with E-state index in [1.54, 1.807) is 0 Å². The highest BCUT2D eigenvalue weighted by Crippen LogP contribution is 2.19. The van der Waals surface area contributed by atoms with Crippen molar-refractivity contribution in [3.8, 4) is 0 Å². The van der Waals surface area contributed by atoms with Crippen LogP contribution in [0.3, 0.4) is 0 Å². The van der Waals surface area contributed by atoms with Crippen molar-refractivity contribution in [1.82, 2.24) is 15.5 Å². The Labute approximate surface area is 133 Å². The van der Waals surface area contributed by atoms with Crippen molar-refractivity contribution in [1.29, 1.82) is 0 Å². The maximum atomic E-state index is 12.1. The Kier molecular flexibility index (Phi) is 6.53. The summed E-state index contributed by atoms with van der Waals surface area (Å²) < 4.78 is 5.22. The van der Waals surface area contributed by atoms with E-state index in [2.05, 4.69) is 15.5 Å². The van der Waals surface area contributed by atoms with Crippen LogP contribution in [0.25, 0.3) is 0 Å². The molecule has 1 rings (SSSR count). The van der Waals surface area contributed by atoms with Crippen LogP contribution in [0, 0.1) is 0 Å². The highest BCUT2D eigenvalue weighted by Gasteiger charge is 2.26. The van der Waals surface area contributed by atoms with Crippen molar-refractivity contribution in [2.45, 2.75) is 77.7 Å². The minimum atomic E-state index is -0.277. The molecule has 1 amide bonds. The smallest absolute Gasteiger partial charge is 0.226 e. The molecule has 0 fully saturated rings. The Morgan fingerprint density at radius 1 is 1.27 bits per heavy atom. The lowest BCUT2D eigenvalue weighted by Crippen LogP contribution is -2.52. The van der Waals surface area contributed by atoms with Crippen LogP contribution in [-0.2, 0) is 16.6 Å². The molecule has 126 valence electrons. The number of carbonyl (C=O) groups excluding carboxylic acids is 1. The molecule has 0 unspecified atom stereocenters. The summed E-state index contributed by atoms with van der Waals surface area (Å²) in [4.78, 5) is 16.4. The minimum absolute atomic E-state index is 0.0321. The van der Waals surface area contributed by atoms with Gasteiger partial charge < -0.3 is 15.6 Å². The number of hydrogen-bond donors (Lipinski definition) is 2. The molecule has 0 atom stereocenters. The zero-order valence-electron chi connectivity index (χ0n) is 14.5. The van der Waals surface area contributed by atoms with E-state index in [-0.39, 0.29) is 16.9 Å². The minimum Gasteiger partial charge on any atom is -0.349 e. The van der Waals surface area contributed by atoms with Gasteiger partial charge in [0.1, 0.15) is 0 Å². The van der Waals surface area contributed by atoms with Gasteiger partial charge in [-0.1, -0.05) is 39.8 Å². The fraction of sp³-hybridized carbons (Fsp3) is 0.812. The molecule has 3 N–H and O–H groups in total. The highest BCUT2D eigenvalue weighted by atomic mass is 16.5. The van der Waals surface area contributed by atoms with Crippen LogP contribution in [0.15, 0.2) is 4.52 Å². The molecule has 1 aromatic heterocycles. The van der Waals surface area contributed by atoms with Gasteiger partial charge in [-0.25, -0.2) is 0 Å². The first kappa shape index (κ1) is 18.6. The number of aryl methyl sites for hydroxylation is 1. The first-order valence-corrected chi connectivity index (χ1v) is 8.10. The van der Waals surface area contributed by atoms with E-state index in [0.717, 1.165) is 12.8 Å². The van der Waals surface area contributed by atoms with Crippen molar-refractivity contribution < 1.29 is 9.32 Å². The van der Waals surface area contributed by atoms with Crippen LogP contribution in [0.1, 0.15) is 72.0 Å². The van der Waals surface area contributed by atoms with Crippen molar-refractivity contribution >= 4 is 5.91 Å². The summed E-state index contributed by atoms with van der Waals surface area (Å²) in [6, 6.07) is 0. The highest BCUT2D eigenvalue weighted by molar-refractivity contribution is 5.76. The molecule has 22 heavy (non-hydrogen) atoms. The Balaban J connectivity index is 2.44. The molecule has 6 nitrogen and oxygen atoms in total. The summed E-state index contributed by atoms with van der Waals surface area (Å²) in [5, 5.41) is 7.05. The molecular weight excluding hydrogens is 280 g/mol. The van der Waals surface area contributed by atoms with Gasteiger partial charge in [0, 0.05) is 24.8 Å². The van der Waals surface area contributed by atoms with E-state index in [9.17, 15) is 4.79 Å². The van der Waals surface area contributed by atoms with Crippen LogP contribution in [0.2, 0.25) is 0 Å². The average molecular weight is 310 g/mol. The Morgan fingerprint density at radius 2 is 1.91 bits per heavy atom. The third-order valence-corrected chi connectivity index (χ3v) is 4.08. The van der Waals surface area contributed by atoms with Gasteiger partial charge in [0.15, 0.2) is 5.82 Å². The van der Waals surface area contributed by atoms with Gasteiger partial charge >= 0.3 is 0 Å². The normalized spacial score (nSPS) is 12.5. The predicted molar refractivity (Wildman–Crippen MR) is 86.4 cm³/mol. The van der Waals surface area contributed by atoms with E-state index in [1.165, 1.54) is 0 Å². The van der Waals surface area contributed by atoms with Crippen molar-refractivity contribution in [2.24, 2.45) is 5.73 Å². The third-order valence-electron chi connectivity index (χ3n) is 4.08. The van der Waals surface area contributed by atoms with Crippen LogP contribution < -0.4 is 11.1 Å². The second-order valence-electron chi connectivity index (χ2n) is 6.86. The second kappa shape index (κ2) is 7.72. The molecule has 0 spiro atoms. The van der Waals surface area contributed by atoms with E-state index in [4.69, 9.17) is 10.3 Å². The molecule has 1 aromatic rings. The number of aromatic nitrogens is 2. The lowest BCUT2D eigenvalue weighted by Gasteiger charge is -2.31. The molecule has 0 aliphatic rings. The second-order valence-corrected chi connectivity index (χ2v) is 6.86. The number of amides is 1. The maximum Gasteiger partial charge on any atom is 0.226 e. The molecule has 0 saturated heterocycles. The van der Waals surface area contributed by atoms with Crippen LogP contribution >= 0.6 is 0 Å². The zero-order valence-corrected chi connectivity index (χ0v) is 14.5. The Bertz CT molecular complexity index is 464. The fourth-order valence-electron chi connectivity index (χ4n) is 2.19. The summed E-state index contributed by atoms with van der Waals surface area (Å²) in [6.07, 6.45) is 3.42. The summed E-state index contributed by atoms with van der Waals surface area (Å²) in [5.41, 5.74) is 5.39. The monoisotopic (exact) mass is 310 g/mol. The average Bonchev–Trinajstić information content (AvgIpc) is 2.94. The van der Waals surface area contributed by atoms with Crippen molar-refractivity contribution in [3.63, 3.8) is 0 Å². The van der Waals surface area contributed by atoms with E-state index >= 15 is 0 Å². The molecular formula is C16H30N4O2. The van der Waals surface area contributed by atoms with Crippen LogP contribution in [0.5, 0.6) is 0 Å². The summed E-state index contributed by atoms with van der Waals surface area (Å²) >= 11 is 0. The standard InChI is InChI=1S/C16H30N4O2/c1-6-16(7-2,11-17)19-12(21)9-8-10-13-18-14(20-22-13)15(3,4)5/h6-11,17H2,1-5H3,(H,19,21). The predicted octanol–water partition coefficient (Wildman–Crippen LogP) is 2.32. The lowest BCUT2D eigenvalue weighted by atomic mass is 9.92. The molecule has 0 aliphatic heterocycles. The fourth-order valence-corrected chi connectivity index (χ4v) is 2.19. The van der Waals surface area contributed by atoms with Gasteiger partial charge in [0.25, 0.3) is 0 Å². The zero-order chi connectivity index (χ0) is 16.8. The molecule has 0 aliphatic carbocycles. The van der Waals surface area contributed by atoms with Gasteiger partial charge in [0.2, 0.25) is 11.8 Å². The topological polar surface area (TPSA) is 94.0 Å². The molecule has 6 heteroatoms. The van der Waals surface area contributed by atoms with E-state index in [0.29, 0.717) is 37.5 Å². The summed E-state index contributed by atoms with van der Waals surface area (Å²) in [7, 11) is 0. The number of nitrogens with two attached hydrogens (primary N) is 1. The van der Waals surface area contributed by atoms with E-state index < -0.39 is 0 Å². The number of nitrogens with zero attached hydrogens (tertiary/aromatic N) is 2. The van der Waals surface area contributed by atoms with Crippen molar-refractivity contribution in [3.05, 3.63) is 11.7 Å². The van der Waals surface area contributed by atoms with Gasteiger partial charge in [-0.15, -0.1) is 0 Å². The summed E-state index contributed by atoms with van der Waals surface area (Å²) in [5.74, 6) is 1.32. The third kappa shape index (κ3) is 5.09. The molecule has 0 aromatic carbocycles. The molecule has 1 heterocycles. The lowest BCUT2D eigenvalue weighted by molar-refractivity contribution is -0.123. The van der Waals surface area contributed by atoms with Crippen LogP contribution in [0.4, 0.5) is 0 Å². The van der Waals surface area contributed by atoms with Gasteiger partial charge in [-0.3, -0.25) is 4.79 Å². The largest absolute Gasteiger partial charge is 0.349 e. The molecule has 0 bridgehead atoms. The number of rotatable bonds is 8. The SMILES string of the molecule is CCC(CC)(CN)NC(=O)CCCc1nc(C(C)(C)C)no1. The molecule has 0 saturated carbocycles. The van der Waals surface area contributed by atoms with E-state index in [1.807, 2.05) is 34.6 Å². The van der Waals surface area contributed by atoms with Gasteiger partial charge in [0.05, 0.1) is 5.54 Å². The maximum absolute atomic E-state index is 12.1. The quantitative estimate of drug-likeness (QED) is 0.768. The first-order valence-electron chi connectivity index (χ1n) is 8.10. The summed E-state index contributed by atoms with van der Waals surface area (Å²) in [6.45, 7) is 10.7. The molecule has 0 radical (unpaired) electrons.